The van der Waals surface area contributed by atoms with Gasteiger partial charge in [0.05, 0.1) is 0 Å². The van der Waals surface area contributed by atoms with Crippen molar-refractivity contribution >= 4 is 21.8 Å². The molecule has 0 aromatic carbocycles. The van der Waals surface area contributed by atoms with Crippen molar-refractivity contribution in [3.05, 3.63) is 0 Å². The molecule has 2 atom stereocenters. The van der Waals surface area contributed by atoms with Crippen LogP contribution in [0.5, 0.6) is 0 Å². The van der Waals surface area contributed by atoms with Crippen molar-refractivity contribution < 1.29 is 4.79 Å². The van der Waals surface area contributed by atoms with Gasteiger partial charge in [-0.1, -0.05) is 43.6 Å². The molecule has 1 amide bonds. The molecular weight excluding hydrogens is 218 g/mol. The van der Waals surface area contributed by atoms with Crippen molar-refractivity contribution in [2.75, 3.05) is 6.54 Å². The Kier molecular flexibility index (Phi) is 5.55. The molecule has 0 aromatic heterocycles. The molecule has 0 saturated heterocycles. The molecule has 0 spiro atoms. The summed E-state index contributed by atoms with van der Waals surface area (Å²) in [6.45, 7) is 8.79. The van der Waals surface area contributed by atoms with Gasteiger partial charge in [0.1, 0.15) is 0 Å². The molecule has 0 aliphatic carbocycles. The van der Waals surface area contributed by atoms with Gasteiger partial charge < -0.3 is 5.32 Å². The predicted molar refractivity (Wildman–Crippen MR) is 55.4 cm³/mol. The highest BCUT2D eigenvalue weighted by atomic mass is 79.9. The average Bonchev–Trinajstić information content (AvgIpc) is 1.98. The van der Waals surface area contributed by atoms with Crippen molar-refractivity contribution in [3.8, 4) is 0 Å². The first-order valence-electron chi connectivity index (χ1n) is 4.37. The standard InChI is InChI=1S/C9H18BrNO/c1-6(2)8(4)9(12)11-5-7(3)10/h6-8H,5H2,1-4H3,(H,11,12). The van der Waals surface area contributed by atoms with Gasteiger partial charge in [0, 0.05) is 17.3 Å². The fourth-order valence-electron chi connectivity index (χ4n) is 0.705. The summed E-state index contributed by atoms with van der Waals surface area (Å²) < 4.78 is 0. The third-order valence-electron chi connectivity index (χ3n) is 1.97. The molecule has 0 aliphatic heterocycles. The minimum absolute atomic E-state index is 0.108. The lowest BCUT2D eigenvalue weighted by atomic mass is 9.97. The van der Waals surface area contributed by atoms with E-state index < -0.39 is 0 Å². The van der Waals surface area contributed by atoms with Crippen molar-refractivity contribution in [1.29, 1.82) is 0 Å². The molecule has 0 rings (SSSR count). The number of halogens is 1. The molecule has 72 valence electrons. The first kappa shape index (κ1) is 11.9. The fraction of sp³-hybridized carbons (Fsp3) is 0.889. The minimum Gasteiger partial charge on any atom is -0.355 e. The van der Waals surface area contributed by atoms with Crippen LogP contribution >= 0.6 is 15.9 Å². The van der Waals surface area contributed by atoms with E-state index in [0.717, 1.165) is 0 Å². The number of carbonyl (C=O) groups excluding carboxylic acids is 1. The van der Waals surface area contributed by atoms with Crippen LogP contribution in [0, 0.1) is 11.8 Å². The Morgan fingerprint density at radius 3 is 2.17 bits per heavy atom. The topological polar surface area (TPSA) is 29.1 Å². The Morgan fingerprint density at radius 1 is 1.33 bits per heavy atom. The molecule has 0 aromatic rings. The predicted octanol–water partition coefficient (Wildman–Crippen LogP) is 2.18. The Labute approximate surface area is 83.2 Å². The highest BCUT2D eigenvalue weighted by Crippen LogP contribution is 2.09. The molecule has 1 N–H and O–H groups in total. The first-order chi connectivity index (χ1) is 5.45. The van der Waals surface area contributed by atoms with Crippen molar-refractivity contribution in [2.24, 2.45) is 11.8 Å². The maximum Gasteiger partial charge on any atom is 0.223 e. The number of alkyl halides is 1. The van der Waals surface area contributed by atoms with Gasteiger partial charge in [0.15, 0.2) is 0 Å². The molecular formula is C9H18BrNO. The lowest BCUT2D eigenvalue weighted by Gasteiger charge is -2.15. The van der Waals surface area contributed by atoms with E-state index in [9.17, 15) is 4.79 Å². The molecule has 0 saturated carbocycles. The molecule has 0 bridgehead atoms. The zero-order valence-corrected chi connectivity index (χ0v) is 9.81. The quantitative estimate of drug-likeness (QED) is 0.745. The number of amides is 1. The van der Waals surface area contributed by atoms with Gasteiger partial charge in [-0.3, -0.25) is 4.79 Å². The Hall–Kier alpha value is -0.0500. The van der Waals surface area contributed by atoms with Gasteiger partial charge >= 0.3 is 0 Å². The van der Waals surface area contributed by atoms with Crippen LogP contribution in [0.15, 0.2) is 0 Å². The summed E-state index contributed by atoms with van der Waals surface area (Å²) >= 11 is 3.37. The summed E-state index contributed by atoms with van der Waals surface area (Å²) in [4.78, 5) is 11.7. The zero-order chi connectivity index (χ0) is 9.72. The fourth-order valence-corrected chi connectivity index (χ4v) is 0.867. The number of carbonyl (C=O) groups is 1. The lowest BCUT2D eigenvalue weighted by molar-refractivity contribution is -0.125. The van der Waals surface area contributed by atoms with E-state index in [1.54, 1.807) is 0 Å². The summed E-state index contributed by atoms with van der Waals surface area (Å²) in [6.07, 6.45) is 0. The van der Waals surface area contributed by atoms with Crippen molar-refractivity contribution in [2.45, 2.75) is 32.5 Å². The number of nitrogens with one attached hydrogen (secondary N) is 1. The molecule has 0 aliphatic rings. The van der Waals surface area contributed by atoms with Gasteiger partial charge in [0.2, 0.25) is 5.91 Å². The molecule has 3 heteroatoms. The van der Waals surface area contributed by atoms with Crippen LogP contribution < -0.4 is 5.32 Å². The maximum absolute atomic E-state index is 11.4. The monoisotopic (exact) mass is 235 g/mol. The molecule has 0 heterocycles. The summed E-state index contributed by atoms with van der Waals surface area (Å²) in [7, 11) is 0. The molecule has 0 fully saturated rings. The molecule has 2 unspecified atom stereocenters. The first-order valence-corrected chi connectivity index (χ1v) is 5.28. The maximum atomic E-state index is 11.4. The van der Waals surface area contributed by atoms with E-state index in [1.165, 1.54) is 0 Å². The third kappa shape index (κ3) is 4.75. The van der Waals surface area contributed by atoms with Gasteiger partial charge in [-0.25, -0.2) is 0 Å². The van der Waals surface area contributed by atoms with Crippen LogP contribution in [0.4, 0.5) is 0 Å². The van der Waals surface area contributed by atoms with E-state index in [1.807, 2.05) is 13.8 Å². The summed E-state index contributed by atoms with van der Waals surface area (Å²) in [5.41, 5.74) is 0. The van der Waals surface area contributed by atoms with E-state index in [4.69, 9.17) is 0 Å². The number of hydrogen-bond acceptors (Lipinski definition) is 1. The van der Waals surface area contributed by atoms with E-state index >= 15 is 0 Å². The van der Waals surface area contributed by atoms with Crippen LogP contribution in [-0.2, 0) is 4.79 Å². The van der Waals surface area contributed by atoms with Crippen LogP contribution in [0.1, 0.15) is 27.7 Å². The highest BCUT2D eigenvalue weighted by molar-refractivity contribution is 9.09. The summed E-state index contributed by atoms with van der Waals surface area (Å²) in [6, 6.07) is 0. The second kappa shape index (κ2) is 5.57. The van der Waals surface area contributed by atoms with Gasteiger partial charge in [-0.05, 0) is 5.92 Å². The van der Waals surface area contributed by atoms with E-state index in [-0.39, 0.29) is 11.8 Å². The Balaban J connectivity index is 3.72. The van der Waals surface area contributed by atoms with Crippen LogP contribution in [-0.4, -0.2) is 17.3 Å². The summed E-state index contributed by atoms with van der Waals surface area (Å²) in [5.74, 6) is 0.670. The van der Waals surface area contributed by atoms with Gasteiger partial charge in [0.25, 0.3) is 0 Å². The molecule has 12 heavy (non-hydrogen) atoms. The minimum atomic E-state index is 0.108. The Morgan fingerprint density at radius 2 is 1.83 bits per heavy atom. The highest BCUT2D eigenvalue weighted by Gasteiger charge is 2.15. The smallest absolute Gasteiger partial charge is 0.223 e. The van der Waals surface area contributed by atoms with Gasteiger partial charge in [-0.2, -0.15) is 0 Å². The number of hydrogen-bond donors (Lipinski definition) is 1. The average molecular weight is 236 g/mol. The zero-order valence-electron chi connectivity index (χ0n) is 8.23. The largest absolute Gasteiger partial charge is 0.355 e. The van der Waals surface area contributed by atoms with Gasteiger partial charge in [-0.15, -0.1) is 0 Å². The number of rotatable bonds is 4. The van der Waals surface area contributed by atoms with Crippen LogP contribution in [0.2, 0.25) is 0 Å². The molecule has 2 nitrogen and oxygen atoms in total. The summed E-state index contributed by atoms with van der Waals surface area (Å²) in [5, 5.41) is 2.88. The van der Waals surface area contributed by atoms with Crippen molar-refractivity contribution in [3.63, 3.8) is 0 Å². The second-order valence-electron chi connectivity index (χ2n) is 3.56. The lowest BCUT2D eigenvalue weighted by Crippen LogP contribution is -2.34. The normalized spacial score (nSPS) is 15.8. The SMILES string of the molecule is CC(Br)CNC(=O)C(C)C(C)C. The van der Waals surface area contributed by atoms with Crippen molar-refractivity contribution in [1.82, 2.24) is 5.32 Å². The van der Waals surface area contributed by atoms with E-state index in [2.05, 4.69) is 35.1 Å². The second-order valence-corrected chi connectivity index (χ2v) is 5.12. The van der Waals surface area contributed by atoms with E-state index in [0.29, 0.717) is 17.3 Å². The van der Waals surface area contributed by atoms with Crippen LogP contribution in [0.25, 0.3) is 0 Å². The third-order valence-corrected chi connectivity index (χ3v) is 2.29. The molecule has 0 radical (unpaired) electrons. The van der Waals surface area contributed by atoms with Crippen LogP contribution in [0.3, 0.4) is 0 Å². The Bertz CT molecular complexity index is 145.